The van der Waals surface area contributed by atoms with Crippen molar-refractivity contribution >= 4 is 34.4 Å². The predicted octanol–water partition coefficient (Wildman–Crippen LogP) is 3.37. The Morgan fingerprint density at radius 2 is 2.09 bits per heavy atom. The van der Waals surface area contributed by atoms with E-state index in [1.54, 1.807) is 17.2 Å². The number of nitrogens with zero attached hydrogens (tertiary/aromatic N) is 3. The van der Waals surface area contributed by atoms with Crippen molar-refractivity contribution in [2.24, 2.45) is 0 Å². The molecule has 2 aromatic rings. The van der Waals surface area contributed by atoms with Gasteiger partial charge in [-0.1, -0.05) is 11.6 Å². The Balaban J connectivity index is 1.59. The van der Waals surface area contributed by atoms with E-state index < -0.39 is 6.09 Å². The first-order valence-electron chi connectivity index (χ1n) is 7.81. The number of aromatic nitrogens is 2. The zero-order chi connectivity index (χ0) is 16.0. The van der Waals surface area contributed by atoms with E-state index >= 15 is 0 Å². The summed E-state index contributed by atoms with van der Waals surface area (Å²) in [4.78, 5) is 21.7. The maximum atomic E-state index is 11.4. The average Bonchev–Trinajstić information content (AvgIpc) is 2.79. The van der Waals surface area contributed by atoms with Crippen molar-refractivity contribution in [3.05, 3.63) is 29.5 Å². The lowest BCUT2D eigenvalue weighted by Gasteiger charge is -2.37. The molecule has 2 N–H and O–H groups in total. The van der Waals surface area contributed by atoms with Crippen LogP contribution >= 0.6 is 11.6 Å². The van der Waals surface area contributed by atoms with Crippen molar-refractivity contribution in [2.75, 3.05) is 5.32 Å². The van der Waals surface area contributed by atoms with Crippen LogP contribution in [0.5, 0.6) is 0 Å². The van der Waals surface area contributed by atoms with Gasteiger partial charge in [0, 0.05) is 35.8 Å². The first-order valence-corrected chi connectivity index (χ1v) is 8.18. The molecule has 3 atom stereocenters. The number of anilines is 1. The SMILES string of the molecule is O=C(O)N1[C@@H]2CC[C@H]1CC(Nc1nc(Cl)cc3ncccc13)C2. The number of rotatable bonds is 2. The molecule has 0 saturated carbocycles. The average molecular weight is 333 g/mol. The second kappa shape index (κ2) is 5.53. The van der Waals surface area contributed by atoms with Crippen molar-refractivity contribution in [2.45, 2.75) is 43.8 Å². The molecule has 2 aliphatic heterocycles. The van der Waals surface area contributed by atoms with Gasteiger partial charge in [0.15, 0.2) is 0 Å². The lowest BCUT2D eigenvalue weighted by molar-refractivity contribution is 0.0994. The molecule has 1 amide bonds. The molecule has 0 spiro atoms. The Labute approximate surface area is 138 Å². The highest BCUT2D eigenvalue weighted by atomic mass is 35.5. The molecule has 2 fully saturated rings. The van der Waals surface area contributed by atoms with Gasteiger partial charge in [-0.15, -0.1) is 0 Å². The molecule has 4 heterocycles. The number of pyridine rings is 2. The number of halogens is 1. The number of piperidine rings is 1. The number of hydrogen-bond donors (Lipinski definition) is 2. The van der Waals surface area contributed by atoms with E-state index in [2.05, 4.69) is 15.3 Å². The smallest absolute Gasteiger partial charge is 0.407 e. The number of carbonyl (C=O) groups is 1. The van der Waals surface area contributed by atoms with Crippen LogP contribution in [0.4, 0.5) is 10.6 Å². The summed E-state index contributed by atoms with van der Waals surface area (Å²) in [5, 5.41) is 14.2. The standard InChI is InChI=1S/C16H17ClN4O2/c17-14-8-13-12(2-1-5-18-13)15(20-14)19-9-6-10-3-4-11(7-9)21(10)16(22)23/h1-2,5,8-11H,3-4,6-7H2,(H,19,20)(H,22,23)/t9?,10-,11+. The summed E-state index contributed by atoms with van der Waals surface area (Å²) in [6.45, 7) is 0. The number of hydrogen-bond acceptors (Lipinski definition) is 4. The number of nitrogens with one attached hydrogen (secondary N) is 1. The minimum Gasteiger partial charge on any atom is -0.465 e. The maximum absolute atomic E-state index is 11.4. The van der Waals surface area contributed by atoms with E-state index in [9.17, 15) is 9.90 Å². The highest BCUT2D eigenvalue weighted by Gasteiger charge is 2.43. The molecule has 6 nitrogen and oxygen atoms in total. The van der Waals surface area contributed by atoms with Gasteiger partial charge >= 0.3 is 6.09 Å². The third kappa shape index (κ3) is 2.57. The first-order chi connectivity index (χ1) is 11.1. The van der Waals surface area contributed by atoms with Crippen LogP contribution in [-0.2, 0) is 0 Å². The number of carboxylic acid groups (broad SMARTS) is 1. The molecular formula is C16H17ClN4O2. The Bertz CT molecular complexity index is 755. The highest BCUT2D eigenvalue weighted by molar-refractivity contribution is 6.30. The summed E-state index contributed by atoms with van der Waals surface area (Å²) in [7, 11) is 0. The third-order valence-corrected chi connectivity index (χ3v) is 5.06. The second-order valence-electron chi connectivity index (χ2n) is 6.25. The van der Waals surface area contributed by atoms with E-state index in [0.717, 1.165) is 42.4 Å². The topological polar surface area (TPSA) is 78.4 Å². The molecule has 7 heteroatoms. The lowest BCUT2D eigenvalue weighted by Crippen LogP contribution is -2.49. The number of fused-ring (bicyclic) bond motifs is 3. The molecule has 23 heavy (non-hydrogen) atoms. The molecule has 0 aromatic carbocycles. The highest BCUT2D eigenvalue weighted by Crippen LogP contribution is 2.37. The van der Waals surface area contributed by atoms with Crippen molar-refractivity contribution in [3.63, 3.8) is 0 Å². The van der Waals surface area contributed by atoms with Crippen LogP contribution in [0.1, 0.15) is 25.7 Å². The van der Waals surface area contributed by atoms with Gasteiger partial charge in [0.2, 0.25) is 0 Å². The van der Waals surface area contributed by atoms with Crippen LogP contribution in [0.15, 0.2) is 24.4 Å². The summed E-state index contributed by atoms with van der Waals surface area (Å²) in [5.74, 6) is 0.730. The summed E-state index contributed by atoms with van der Waals surface area (Å²) in [5.41, 5.74) is 0.806. The van der Waals surface area contributed by atoms with Gasteiger partial charge in [0.25, 0.3) is 0 Å². The molecule has 1 unspecified atom stereocenters. The fourth-order valence-corrected chi connectivity index (χ4v) is 4.14. The molecule has 0 aliphatic carbocycles. The molecule has 2 aliphatic rings. The zero-order valence-electron chi connectivity index (χ0n) is 12.4. The largest absolute Gasteiger partial charge is 0.465 e. The normalized spacial score (nSPS) is 26.5. The van der Waals surface area contributed by atoms with Crippen LogP contribution in [0.3, 0.4) is 0 Å². The van der Waals surface area contributed by atoms with Crippen molar-refractivity contribution in [1.82, 2.24) is 14.9 Å². The Hall–Kier alpha value is -2.08. The van der Waals surface area contributed by atoms with Gasteiger partial charge < -0.3 is 15.3 Å². The van der Waals surface area contributed by atoms with Crippen LogP contribution < -0.4 is 5.32 Å². The van der Waals surface area contributed by atoms with Gasteiger partial charge in [-0.25, -0.2) is 9.78 Å². The van der Waals surface area contributed by atoms with E-state index in [1.165, 1.54) is 0 Å². The first kappa shape index (κ1) is 14.5. The third-order valence-electron chi connectivity index (χ3n) is 4.86. The van der Waals surface area contributed by atoms with Crippen LogP contribution in [0.2, 0.25) is 5.15 Å². The summed E-state index contributed by atoms with van der Waals surface area (Å²) in [6, 6.07) is 6.00. The van der Waals surface area contributed by atoms with E-state index in [1.807, 2.05) is 12.1 Å². The summed E-state index contributed by atoms with van der Waals surface area (Å²) >= 11 is 6.10. The molecule has 4 rings (SSSR count). The Morgan fingerprint density at radius 3 is 2.78 bits per heavy atom. The lowest BCUT2D eigenvalue weighted by atomic mass is 9.97. The van der Waals surface area contributed by atoms with Gasteiger partial charge in [0.05, 0.1) is 5.52 Å². The van der Waals surface area contributed by atoms with E-state index in [-0.39, 0.29) is 18.1 Å². The molecule has 2 bridgehead atoms. The fourth-order valence-electron chi connectivity index (χ4n) is 3.96. The minimum atomic E-state index is -0.800. The van der Waals surface area contributed by atoms with Crippen LogP contribution in [-0.4, -0.2) is 44.2 Å². The Kier molecular flexibility index (Phi) is 3.49. The fraction of sp³-hybridized carbons (Fsp3) is 0.438. The van der Waals surface area contributed by atoms with Crippen LogP contribution in [0.25, 0.3) is 10.9 Å². The molecular weight excluding hydrogens is 316 g/mol. The van der Waals surface area contributed by atoms with Crippen LogP contribution in [0, 0.1) is 0 Å². The monoisotopic (exact) mass is 332 g/mol. The second-order valence-corrected chi connectivity index (χ2v) is 6.64. The zero-order valence-corrected chi connectivity index (χ0v) is 13.2. The van der Waals surface area contributed by atoms with Gasteiger partial charge in [0.1, 0.15) is 11.0 Å². The summed E-state index contributed by atoms with van der Waals surface area (Å²) < 4.78 is 0. The number of amides is 1. The molecule has 0 radical (unpaired) electrons. The van der Waals surface area contributed by atoms with Gasteiger partial charge in [-0.2, -0.15) is 0 Å². The van der Waals surface area contributed by atoms with E-state index in [4.69, 9.17) is 11.6 Å². The molecule has 2 saturated heterocycles. The van der Waals surface area contributed by atoms with Crippen molar-refractivity contribution in [1.29, 1.82) is 0 Å². The van der Waals surface area contributed by atoms with Crippen molar-refractivity contribution in [3.8, 4) is 0 Å². The van der Waals surface area contributed by atoms with E-state index in [0.29, 0.717) is 5.15 Å². The van der Waals surface area contributed by atoms with Gasteiger partial charge in [-0.3, -0.25) is 4.98 Å². The summed E-state index contributed by atoms with van der Waals surface area (Å²) in [6.07, 6.45) is 4.43. The minimum absolute atomic E-state index is 0.104. The molecule has 2 aromatic heterocycles. The van der Waals surface area contributed by atoms with Crippen molar-refractivity contribution < 1.29 is 9.90 Å². The maximum Gasteiger partial charge on any atom is 0.407 e. The quantitative estimate of drug-likeness (QED) is 0.824. The molecule has 120 valence electrons. The Morgan fingerprint density at radius 1 is 1.35 bits per heavy atom. The van der Waals surface area contributed by atoms with Gasteiger partial charge in [-0.05, 0) is 37.8 Å². The predicted molar refractivity (Wildman–Crippen MR) is 87.9 cm³/mol.